The van der Waals surface area contributed by atoms with E-state index in [1.165, 1.54) is 16.7 Å². The molecule has 18 heavy (non-hydrogen) atoms. The molecule has 2 atom stereocenters. The number of rotatable bonds is 5. The lowest BCUT2D eigenvalue weighted by Gasteiger charge is -2.40. The van der Waals surface area contributed by atoms with Crippen LogP contribution < -0.4 is 0 Å². The summed E-state index contributed by atoms with van der Waals surface area (Å²) in [6.07, 6.45) is 1.31. The summed E-state index contributed by atoms with van der Waals surface area (Å²) in [7, 11) is 4.08. The Morgan fingerprint density at radius 1 is 1.22 bits per heavy atom. The van der Waals surface area contributed by atoms with Gasteiger partial charge in [0, 0.05) is 12.0 Å². The van der Waals surface area contributed by atoms with Crippen LogP contribution in [0, 0.1) is 13.8 Å². The van der Waals surface area contributed by atoms with Gasteiger partial charge in [-0.25, -0.2) is 0 Å². The summed E-state index contributed by atoms with van der Waals surface area (Å²) in [5, 5.41) is 10.6. The van der Waals surface area contributed by atoms with Crippen LogP contribution in [0.2, 0.25) is 0 Å². The second-order valence-corrected chi connectivity index (χ2v) is 5.70. The van der Waals surface area contributed by atoms with E-state index in [-0.39, 0.29) is 11.6 Å². The highest BCUT2D eigenvalue weighted by molar-refractivity contribution is 5.34. The molecule has 0 heterocycles. The quantitative estimate of drug-likeness (QED) is 0.867. The molecule has 102 valence electrons. The zero-order valence-electron chi connectivity index (χ0n) is 12.6. The summed E-state index contributed by atoms with van der Waals surface area (Å²) < 4.78 is 0. The molecule has 0 aliphatic heterocycles. The Kier molecular flexibility index (Phi) is 4.94. The van der Waals surface area contributed by atoms with E-state index in [9.17, 15) is 5.11 Å². The lowest BCUT2D eigenvalue weighted by Crippen LogP contribution is -2.51. The highest BCUT2D eigenvalue weighted by Crippen LogP contribution is 2.26. The molecule has 0 aliphatic rings. The number of hydrogen-bond acceptors (Lipinski definition) is 2. The Bertz CT molecular complexity index is 380. The van der Waals surface area contributed by atoms with Gasteiger partial charge in [-0.05, 0) is 58.0 Å². The monoisotopic (exact) mass is 249 g/mol. The minimum Gasteiger partial charge on any atom is -0.391 e. The maximum absolute atomic E-state index is 10.6. The van der Waals surface area contributed by atoms with Crippen molar-refractivity contribution < 1.29 is 5.11 Å². The van der Waals surface area contributed by atoms with Crippen LogP contribution in [0.5, 0.6) is 0 Å². The summed E-state index contributed by atoms with van der Waals surface area (Å²) in [6, 6.07) is 6.31. The largest absolute Gasteiger partial charge is 0.391 e. The summed E-state index contributed by atoms with van der Waals surface area (Å²) in [6.45, 7) is 8.50. The Balaban J connectivity index is 2.97. The predicted octanol–water partition coefficient (Wildman–Crippen LogP) is 2.94. The van der Waals surface area contributed by atoms with Gasteiger partial charge in [0.15, 0.2) is 0 Å². The molecule has 1 rings (SSSR count). The molecule has 2 nitrogen and oxygen atoms in total. The standard InChI is InChI=1S/C16H27NO/c1-7-16(4,17(5)6)15(18)11-14-12(2)9-8-10-13(14)3/h8-10,15,18H,7,11H2,1-6H3. The summed E-state index contributed by atoms with van der Waals surface area (Å²) in [5.41, 5.74) is 3.65. The molecule has 0 fully saturated rings. The molecule has 0 aromatic heterocycles. The summed E-state index contributed by atoms with van der Waals surface area (Å²) >= 11 is 0. The molecule has 1 aromatic carbocycles. The third kappa shape index (κ3) is 2.93. The first-order chi connectivity index (χ1) is 8.32. The van der Waals surface area contributed by atoms with E-state index in [4.69, 9.17) is 0 Å². The van der Waals surface area contributed by atoms with Crippen molar-refractivity contribution in [1.82, 2.24) is 4.90 Å². The average Bonchev–Trinajstić information content (AvgIpc) is 2.32. The number of benzene rings is 1. The van der Waals surface area contributed by atoms with Crippen LogP contribution in [0.4, 0.5) is 0 Å². The van der Waals surface area contributed by atoms with Gasteiger partial charge < -0.3 is 10.0 Å². The van der Waals surface area contributed by atoms with Crippen molar-refractivity contribution in [2.75, 3.05) is 14.1 Å². The van der Waals surface area contributed by atoms with Crippen molar-refractivity contribution in [1.29, 1.82) is 0 Å². The van der Waals surface area contributed by atoms with E-state index >= 15 is 0 Å². The molecular formula is C16H27NO. The first-order valence-electron chi connectivity index (χ1n) is 6.73. The van der Waals surface area contributed by atoms with Gasteiger partial charge in [0.05, 0.1) is 6.10 Å². The van der Waals surface area contributed by atoms with Crippen LogP contribution in [0.1, 0.15) is 37.0 Å². The molecule has 2 heteroatoms. The van der Waals surface area contributed by atoms with Crippen molar-refractivity contribution in [2.45, 2.75) is 52.2 Å². The fourth-order valence-corrected chi connectivity index (χ4v) is 2.43. The SMILES string of the molecule is CCC(C)(C(O)Cc1c(C)cccc1C)N(C)C. The molecule has 0 spiro atoms. The Morgan fingerprint density at radius 3 is 2.11 bits per heavy atom. The molecule has 2 unspecified atom stereocenters. The van der Waals surface area contributed by atoms with Gasteiger partial charge >= 0.3 is 0 Å². The van der Waals surface area contributed by atoms with Crippen molar-refractivity contribution in [3.63, 3.8) is 0 Å². The Morgan fingerprint density at radius 2 is 1.72 bits per heavy atom. The molecule has 0 amide bonds. The highest BCUT2D eigenvalue weighted by atomic mass is 16.3. The number of nitrogens with zero attached hydrogens (tertiary/aromatic N) is 1. The van der Waals surface area contributed by atoms with E-state index in [1.54, 1.807) is 0 Å². The Hall–Kier alpha value is -0.860. The number of aryl methyl sites for hydroxylation is 2. The van der Waals surface area contributed by atoms with E-state index in [1.807, 2.05) is 14.1 Å². The maximum atomic E-state index is 10.6. The minimum atomic E-state index is -0.350. The van der Waals surface area contributed by atoms with Gasteiger partial charge in [-0.1, -0.05) is 25.1 Å². The van der Waals surface area contributed by atoms with Gasteiger partial charge in [0.1, 0.15) is 0 Å². The van der Waals surface area contributed by atoms with E-state index in [0.29, 0.717) is 0 Å². The van der Waals surface area contributed by atoms with Crippen LogP contribution >= 0.6 is 0 Å². The molecular weight excluding hydrogens is 222 g/mol. The smallest absolute Gasteiger partial charge is 0.0761 e. The lowest BCUT2D eigenvalue weighted by molar-refractivity contribution is 0.00285. The third-order valence-electron chi connectivity index (χ3n) is 4.50. The Labute approximate surface area is 112 Å². The normalized spacial score (nSPS) is 16.7. The van der Waals surface area contributed by atoms with Gasteiger partial charge in [-0.3, -0.25) is 0 Å². The predicted molar refractivity (Wildman–Crippen MR) is 78.0 cm³/mol. The topological polar surface area (TPSA) is 23.5 Å². The van der Waals surface area contributed by atoms with Gasteiger partial charge in [-0.2, -0.15) is 0 Å². The molecule has 0 aliphatic carbocycles. The van der Waals surface area contributed by atoms with Crippen molar-refractivity contribution >= 4 is 0 Å². The molecule has 0 radical (unpaired) electrons. The van der Waals surface area contributed by atoms with E-state index in [2.05, 4.69) is 50.8 Å². The van der Waals surface area contributed by atoms with Gasteiger partial charge in [0.2, 0.25) is 0 Å². The molecule has 1 N–H and O–H groups in total. The van der Waals surface area contributed by atoms with Crippen molar-refractivity contribution in [3.05, 3.63) is 34.9 Å². The second kappa shape index (κ2) is 5.85. The maximum Gasteiger partial charge on any atom is 0.0761 e. The van der Waals surface area contributed by atoms with Crippen molar-refractivity contribution in [2.24, 2.45) is 0 Å². The number of aliphatic hydroxyl groups is 1. The fourth-order valence-electron chi connectivity index (χ4n) is 2.43. The second-order valence-electron chi connectivity index (χ2n) is 5.70. The number of likely N-dealkylation sites (N-methyl/N-ethyl adjacent to an activating group) is 1. The van der Waals surface area contributed by atoms with Crippen molar-refractivity contribution in [3.8, 4) is 0 Å². The lowest BCUT2D eigenvalue weighted by atomic mass is 9.84. The van der Waals surface area contributed by atoms with E-state index < -0.39 is 0 Å². The van der Waals surface area contributed by atoms with Crippen LogP contribution in [0.25, 0.3) is 0 Å². The number of hydrogen-bond donors (Lipinski definition) is 1. The first kappa shape index (κ1) is 15.2. The zero-order valence-corrected chi connectivity index (χ0v) is 12.6. The first-order valence-corrected chi connectivity index (χ1v) is 6.73. The molecule has 0 saturated carbocycles. The van der Waals surface area contributed by atoms with E-state index in [0.717, 1.165) is 12.8 Å². The van der Waals surface area contributed by atoms with Gasteiger partial charge in [0.25, 0.3) is 0 Å². The zero-order chi connectivity index (χ0) is 13.9. The molecule has 0 bridgehead atoms. The fraction of sp³-hybridized carbons (Fsp3) is 0.625. The molecule has 0 saturated heterocycles. The van der Waals surface area contributed by atoms with Gasteiger partial charge in [-0.15, -0.1) is 0 Å². The van der Waals surface area contributed by atoms with Crippen LogP contribution in [-0.2, 0) is 6.42 Å². The summed E-state index contributed by atoms with van der Waals surface area (Å²) in [5.74, 6) is 0. The van der Waals surface area contributed by atoms with Crippen LogP contribution in [-0.4, -0.2) is 35.7 Å². The minimum absolute atomic E-state index is 0.172. The molecule has 1 aromatic rings. The van der Waals surface area contributed by atoms with Crippen LogP contribution in [0.15, 0.2) is 18.2 Å². The average molecular weight is 249 g/mol. The summed E-state index contributed by atoms with van der Waals surface area (Å²) in [4.78, 5) is 2.13. The number of aliphatic hydroxyl groups excluding tert-OH is 1. The highest BCUT2D eigenvalue weighted by Gasteiger charge is 2.33. The van der Waals surface area contributed by atoms with Crippen LogP contribution in [0.3, 0.4) is 0 Å². The third-order valence-corrected chi connectivity index (χ3v) is 4.50.